The first-order chi connectivity index (χ1) is 9.22. The number of nitrogens with zero attached hydrogens (tertiary/aromatic N) is 2. The third-order valence-electron chi connectivity index (χ3n) is 2.27. The number of aromatic nitrogens is 2. The number of rotatable bonds is 5. The SMILES string of the molecule is COC(=O)c1cccc(CSc2nnc(SC)s2)c1. The second-order valence-electron chi connectivity index (χ2n) is 3.52. The number of benzene rings is 1. The third-order valence-corrected chi connectivity index (χ3v) is 5.38. The molecule has 0 spiro atoms. The Balaban J connectivity index is 2.01. The minimum absolute atomic E-state index is 0.313. The molecule has 1 aromatic heterocycles. The molecule has 0 aliphatic heterocycles. The van der Waals surface area contributed by atoms with Crippen LogP contribution >= 0.6 is 34.9 Å². The maximum Gasteiger partial charge on any atom is 0.337 e. The maximum atomic E-state index is 11.4. The molecule has 0 amide bonds. The lowest BCUT2D eigenvalue weighted by molar-refractivity contribution is 0.0600. The predicted octanol–water partition coefficient (Wildman–Crippen LogP) is 3.34. The Morgan fingerprint density at radius 1 is 1.37 bits per heavy atom. The summed E-state index contributed by atoms with van der Waals surface area (Å²) in [6.45, 7) is 0. The van der Waals surface area contributed by atoms with E-state index in [-0.39, 0.29) is 5.97 Å². The van der Waals surface area contributed by atoms with E-state index in [0.29, 0.717) is 5.56 Å². The Kier molecular flexibility index (Phi) is 5.24. The van der Waals surface area contributed by atoms with Gasteiger partial charge in [0.2, 0.25) is 0 Å². The third kappa shape index (κ3) is 3.95. The summed E-state index contributed by atoms with van der Waals surface area (Å²) >= 11 is 4.79. The minimum Gasteiger partial charge on any atom is -0.465 e. The molecule has 2 rings (SSSR count). The number of esters is 1. The molecule has 0 unspecified atom stereocenters. The van der Waals surface area contributed by atoms with Gasteiger partial charge in [-0.3, -0.25) is 0 Å². The summed E-state index contributed by atoms with van der Waals surface area (Å²) in [5, 5.41) is 8.14. The highest BCUT2D eigenvalue weighted by atomic mass is 32.2. The normalized spacial score (nSPS) is 10.4. The van der Waals surface area contributed by atoms with Crippen LogP contribution in [0.25, 0.3) is 0 Å². The molecule has 0 aliphatic rings. The van der Waals surface area contributed by atoms with E-state index in [2.05, 4.69) is 10.2 Å². The highest BCUT2D eigenvalue weighted by Gasteiger charge is 2.07. The van der Waals surface area contributed by atoms with Gasteiger partial charge in [-0.05, 0) is 24.0 Å². The van der Waals surface area contributed by atoms with Gasteiger partial charge in [-0.2, -0.15) is 0 Å². The van der Waals surface area contributed by atoms with E-state index in [9.17, 15) is 4.79 Å². The van der Waals surface area contributed by atoms with E-state index >= 15 is 0 Å². The summed E-state index contributed by atoms with van der Waals surface area (Å²) in [5.41, 5.74) is 1.64. The highest BCUT2D eigenvalue weighted by molar-refractivity contribution is 8.02. The molecule has 7 heteroatoms. The average Bonchev–Trinajstić information content (AvgIpc) is 2.92. The van der Waals surface area contributed by atoms with Crippen LogP contribution < -0.4 is 0 Å². The number of carbonyl (C=O) groups excluding carboxylic acids is 1. The van der Waals surface area contributed by atoms with Crippen molar-refractivity contribution in [2.45, 2.75) is 14.4 Å². The standard InChI is InChI=1S/C12H12N2O2S3/c1-16-10(15)9-5-3-4-8(6-9)7-18-12-14-13-11(17-2)19-12/h3-6H,7H2,1-2H3. The van der Waals surface area contributed by atoms with Gasteiger partial charge in [0, 0.05) is 5.75 Å². The van der Waals surface area contributed by atoms with E-state index in [1.54, 1.807) is 40.9 Å². The quantitative estimate of drug-likeness (QED) is 0.623. The molecule has 0 radical (unpaired) electrons. The van der Waals surface area contributed by atoms with Crippen molar-refractivity contribution in [3.8, 4) is 0 Å². The van der Waals surface area contributed by atoms with Crippen molar-refractivity contribution in [1.29, 1.82) is 0 Å². The molecule has 1 heterocycles. The highest BCUT2D eigenvalue weighted by Crippen LogP contribution is 2.29. The fourth-order valence-electron chi connectivity index (χ4n) is 1.39. The van der Waals surface area contributed by atoms with Crippen molar-refractivity contribution in [3.05, 3.63) is 35.4 Å². The summed E-state index contributed by atoms with van der Waals surface area (Å²) < 4.78 is 6.60. The van der Waals surface area contributed by atoms with E-state index < -0.39 is 0 Å². The number of carbonyl (C=O) groups is 1. The zero-order valence-electron chi connectivity index (χ0n) is 10.5. The molecule has 100 valence electrons. The van der Waals surface area contributed by atoms with Crippen LogP contribution in [0.5, 0.6) is 0 Å². The van der Waals surface area contributed by atoms with Crippen LogP contribution in [0.15, 0.2) is 32.9 Å². The Bertz CT molecular complexity index is 572. The van der Waals surface area contributed by atoms with E-state index in [0.717, 1.165) is 20.0 Å². The summed E-state index contributed by atoms with van der Waals surface area (Å²) in [7, 11) is 1.38. The average molecular weight is 312 g/mol. The van der Waals surface area contributed by atoms with E-state index in [1.807, 2.05) is 24.5 Å². The Morgan fingerprint density at radius 2 is 2.16 bits per heavy atom. The number of thioether (sulfide) groups is 2. The molecule has 2 aromatic rings. The van der Waals surface area contributed by atoms with Gasteiger partial charge in [0.15, 0.2) is 8.68 Å². The van der Waals surface area contributed by atoms with Crippen molar-refractivity contribution < 1.29 is 9.53 Å². The second kappa shape index (κ2) is 6.93. The van der Waals surface area contributed by atoms with Gasteiger partial charge in [-0.1, -0.05) is 47.0 Å². The Morgan fingerprint density at radius 3 is 2.84 bits per heavy atom. The second-order valence-corrected chi connectivity index (χ2v) is 6.77. The first-order valence-electron chi connectivity index (χ1n) is 5.40. The Labute approximate surface area is 124 Å². The van der Waals surface area contributed by atoms with Crippen LogP contribution in [0, 0.1) is 0 Å². The molecule has 0 saturated carbocycles. The van der Waals surface area contributed by atoms with E-state index in [1.165, 1.54) is 7.11 Å². The molecule has 0 bridgehead atoms. The van der Waals surface area contributed by atoms with Crippen LogP contribution in [-0.2, 0) is 10.5 Å². The zero-order chi connectivity index (χ0) is 13.7. The predicted molar refractivity (Wildman–Crippen MR) is 79.0 cm³/mol. The molecule has 0 N–H and O–H groups in total. The lowest BCUT2D eigenvalue weighted by Gasteiger charge is -2.02. The number of hydrogen-bond acceptors (Lipinski definition) is 7. The van der Waals surface area contributed by atoms with Gasteiger partial charge < -0.3 is 4.74 Å². The fourth-order valence-corrected chi connectivity index (χ4v) is 3.77. The van der Waals surface area contributed by atoms with Crippen molar-refractivity contribution in [2.75, 3.05) is 13.4 Å². The zero-order valence-corrected chi connectivity index (χ0v) is 12.9. The van der Waals surface area contributed by atoms with Crippen molar-refractivity contribution >= 4 is 40.8 Å². The van der Waals surface area contributed by atoms with Crippen LogP contribution in [-0.4, -0.2) is 29.5 Å². The van der Waals surface area contributed by atoms with Gasteiger partial charge in [0.25, 0.3) is 0 Å². The van der Waals surface area contributed by atoms with Gasteiger partial charge in [0.05, 0.1) is 12.7 Å². The van der Waals surface area contributed by atoms with Crippen molar-refractivity contribution in [3.63, 3.8) is 0 Å². The first-order valence-corrected chi connectivity index (χ1v) is 8.43. The number of methoxy groups -OCH3 is 1. The Hall–Kier alpha value is -1.05. The summed E-state index contributed by atoms with van der Waals surface area (Å²) in [5.74, 6) is 0.445. The largest absolute Gasteiger partial charge is 0.465 e. The van der Waals surface area contributed by atoms with Crippen LogP contribution in [0.1, 0.15) is 15.9 Å². The molecule has 0 saturated heterocycles. The molecular weight excluding hydrogens is 300 g/mol. The summed E-state index contributed by atoms with van der Waals surface area (Å²) in [6.07, 6.45) is 1.98. The topological polar surface area (TPSA) is 52.1 Å². The van der Waals surface area contributed by atoms with Crippen molar-refractivity contribution in [2.24, 2.45) is 0 Å². The number of hydrogen-bond donors (Lipinski definition) is 0. The van der Waals surface area contributed by atoms with E-state index in [4.69, 9.17) is 4.74 Å². The lowest BCUT2D eigenvalue weighted by atomic mass is 10.1. The van der Waals surface area contributed by atoms with Crippen LogP contribution in [0.3, 0.4) is 0 Å². The van der Waals surface area contributed by atoms with Crippen molar-refractivity contribution in [1.82, 2.24) is 10.2 Å². The first kappa shape index (κ1) is 14.4. The summed E-state index contributed by atoms with van der Waals surface area (Å²) in [4.78, 5) is 11.4. The fraction of sp³-hybridized carbons (Fsp3) is 0.250. The maximum absolute atomic E-state index is 11.4. The number of ether oxygens (including phenoxy) is 1. The smallest absolute Gasteiger partial charge is 0.337 e. The van der Waals surface area contributed by atoms with Crippen LogP contribution in [0.4, 0.5) is 0 Å². The molecule has 0 aliphatic carbocycles. The molecule has 0 atom stereocenters. The van der Waals surface area contributed by atoms with Gasteiger partial charge in [-0.25, -0.2) is 4.79 Å². The van der Waals surface area contributed by atoms with Gasteiger partial charge in [-0.15, -0.1) is 10.2 Å². The molecular formula is C12H12N2O2S3. The van der Waals surface area contributed by atoms with Gasteiger partial charge in [0.1, 0.15) is 0 Å². The molecule has 1 aromatic carbocycles. The molecule has 4 nitrogen and oxygen atoms in total. The monoisotopic (exact) mass is 312 g/mol. The molecule has 0 fully saturated rings. The minimum atomic E-state index is -0.313. The van der Waals surface area contributed by atoms with Gasteiger partial charge >= 0.3 is 5.97 Å². The molecule has 19 heavy (non-hydrogen) atoms. The lowest BCUT2D eigenvalue weighted by Crippen LogP contribution is -2.01. The van der Waals surface area contributed by atoms with Crippen LogP contribution in [0.2, 0.25) is 0 Å². The summed E-state index contributed by atoms with van der Waals surface area (Å²) in [6, 6.07) is 7.43.